The Balaban J connectivity index is 1.53. The van der Waals surface area contributed by atoms with Gasteiger partial charge in [0.2, 0.25) is 0 Å². The average molecular weight is 455 g/mol. The predicted octanol–water partition coefficient (Wildman–Crippen LogP) is 4.59. The van der Waals surface area contributed by atoms with Gasteiger partial charge in [0, 0.05) is 13.1 Å². The van der Waals surface area contributed by atoms with Gasteiger partial charge in [-0.15, -0.1) is 0 Å². The van der Waals surface area contributed by atoms with Crippen molar-refractivity contribution in [3.8, 4) is 17.2 Å². The molecule has 1 aromatic heterocycles. The second-order valence-corrected chi connectivity index (χ2v) is 8.44. The number of amides is 1. The summed E-state index contributed by atoms with van der Waals surface area (Å²) in [6.45, 7) is 4.03. The highest BCUT2D eigenvalue weighted by atomic mass is 32.1. The van der Waals surface area contributed by atoms with Crippen molar-refractivity contribution in [2.45, 2.75) is 26.1 Å². The fourth-order valence-electron chi connectivity index (χ4n) is 3.38. The number of benzene rings is 2. The van der Waals surface area contributed by atoms with Crippen molar-refractivity contribution in [3.05, 3.63) is 76.0 Å². The van der Waals surface area contributed by atoms with Crippen LogP contribution in [0.2, 0.25) is 0 Å². The van der Waals surface area contributed by atoms with Crippen molar-refractivity contribution in [1.29, 1.82) is 0 Å². The summed E-state index contributed by atoms with van der Waals surface area (Å²) >= 11 is 1.72. The molecule has 0 saturated heterocycles. The minimum atomic E-state index is -0.236. The van der Waals surface area contributed by atoms with Crippen molar-refractivity contribution in [2.75, 3.05) is 27.8 Å². The highest BCUT2D eigenvalue weighted by molar-refractivity contribution is 7.07. The van der Waals surface area contributed by atoms with Crippen LogP contribution in [0.15, 0.2) is 59.3 Å². The zero-order valence-corrected chi connectivity index (χ0v) is 19.8. The van der Waals surface area contributed by atoms with Crippen molar-refractivity contribution in [2.24, 2.45) is 0 Å². The molecule has 1 atom stereocenters. The van der Waals surface area contributed by atoms with E-state index in [2.05, 4.69) is 40.2 Å². The second kappa shape index (κ2) is 11.5. The third-order valence-electron chi connectivity index (χ3n) is 4.92. The summed E-state index contributed by atoms with van der Waals surface area (Å²) in [6, 6.07) is 15.4. The van der Waals surface area contributed by atoms with Crippen LogP contribution in [0, 0.1) is 0 Å². The van der Waals surface area contributed by atoms with E-state index in [4.69, 9.17) is 14.2 Å². The summed E-state index contributed by atoms with van der Waals surface area (Å²) in [4.78, 5) is 14.9. The molecular formula is C25H30N2O4S. The van der Waals surface area contributed by atoms with Crippen molar-refractivity contribution < 1.29 is 19.0 Å². The molecule has 0 saturated carbocycles. The molecule has 1 unspecified atom stereocenters. The van der Waals surface area contributed by atoms with Crippen molar-refractivity contribution in [3.63, 3.8) is 0 Å². The van der Waals surface area contributed by atoms with Gasteiger partial charge in [0.25, 0.3) is 5.91 Å². The van der Waals surface area contributed by atoms with Gasteiger partial charge < -0.3 is 19.5 Å². The molecule has 1 amide bonds. The van der Waals surface area contributed by atoms with Crippen LogP contribution in [0.3, 0.4) is 0 Å². The Morgan fingerprint density at radius 1 is 1.03 bits per heavy atom. The van der Waals surface area contributed by atoms with Gasteiger partial charge in [0.1, 0.15) is 23.4 Å². The molecule has 0 aliphatic heterocycles. The summed E-state index contributed by atoms with van der Waals surface area (Å²) in [5.41, 5.74) is 2.93. The Morgan fingerprint density at radius 3 is 2.56 bits per heavy atom. The molecule has 0 bridgehead atoms. The van der Waals surface area contributed by atoms with E-state index in [0.717, 1.165) is 18.8 Å². The zero-order valence-electron chi connectivity index (χ0n) is 19.0. The first-order valence-corrected chi connectivity index (χ1v) is 11.4. The molecule has 6 nitrogen and oxygen atoms in total. The zero-order chi connectivity index (χ0) is 22.9. The van der Waals surface area contributed by atoms with Crippen LogP contribution in [0.1, 0.15) is 28.4 Å². The van der Waals surface area contributed by atoms with E-state index in [0.29, 0.717) is 23.6 Å². The molecule has 170 valence electrons. The number of hydrogen-bond donors (Lipinski definition) is 1. The number of nitrogens with zero attached hydrogens (tertiary/aromatic N) is 1. The quantitative estimate of drug-likeness (QED) is 0.459. The minimum Gasteiger partial charge on any atom is -0.497 e. The van der Waals surface area contributed by atoms with Crippen LogP contribution >= 0.6 is 11.3 Å². The first-order valence-electron chi connectivity index (χ1n) is 10.4. The van der Waals surface area contributed by atoms with Crippen LogP contribution < -0.4 is 19.5 Å². The Labute approximate surface area is 193 Å². The fourth-order valence-corrected chi connectivity index (χ4v) is 4.04. The lowest BCUT2D eigenvalue weighted by molar-refractivity contribution is 0.0928. The van der Waals surface area contributed by atoms with Crippen molar-refractivity contribution >= 4 is 17.2 Å². The van der Waals surface area contributed by atoms with Gasteiger partial charge >= 0.3 is 0 Å². The Bertz CT molecular complexity index is 1010. The summed E-state index contributed by atoms with van der Waals surface area (Å²) in [6.07, 6.45) is -0.200. The average Bonchev–Trinajstić information content (AvgIpc) is 3.30. The van der Waals surface area contributed by atoms with Gasteiger partial charge in [-0.1, -0.05) is 12.1 Å². The maximum atomic E-state index is 12.6. The Hall–Kier alpha value is -3.03. The number of rotatable bonds is 11. The molecular weight excluding hydrogens is 424 g/mol. The van der Waals surface area contributed by atoms with E-state index in [9.17, 15) is 4.79 Å². The maximum absolute atomic E-state index is 12.6. The minimum absolute atomic E-state index is 0.200. The Kier molecular flexibility index (Phi) is 8.53. The summed E-state index contributed by atoms with van der Waals surface area (Å²) in [5.74, 6) is 1.64. The van der Waals surface area contributed by atoms with Crippen molar-refractivity contribution in [1.82, 2.24) is 10.2 Å². The largest absolute Gasteiger partial charge is 0.497 e. The monoisotopic (exact) mass is 454 g/mol. The topological polar surface area (TPSA) is 60.0 Å². The third kappa shape index (κ3) is 6.73. The molecule has 1 heterocycles. The summed E-state index contributed by atoms with van der Waals surface area (Å²) in [5, 5.41) is 7.18. The van der Waals surface area contributed by atoms with E-state index >= 15 is 0 Å². The summed E-state index contributed by atoms with van der Waals surface area (Å²) < 4.78 is 16.6. The van der Waals surface area contributed by atoms with Crippen LogP contribution in [0.25, 0.3) is 0 Å². The standard InChI is InChI=1S/C25H30N2O4S/c1-18(14-26-25(28)23-13-21(29-3)8-9-24(23)30-4)31-22-7-5-6-19(12-22)15-27(2)16-20-10-11-32-17-20/h5-13,17-18H,14-16H2,1-4H3,(H,26,28). The highest BCUT2D eigenvalue weighted by Gasteiger charge is 2.15. The predicted molar refractivity (Wildman–Crippen MR) is 128 cm³/mol. The Morgan fingerprint density at radius 2 is 1.84 bits per heavy atom. The molecule has 1 N–H and O–H groups in total. The molecule has 3 aromatic rings. The van der Waals surface area contributed by atoms with Gasteiger partial charge in [-0.3, -0.25) is 9.69 Å². The number of hydrogen-bond acceptors (Lipinski definition) is 6. The van der Waals surface area contributed by atoms with Gasteiger partial charge in [-0.05, 0) is 72.3 Å². The highest BCUT2D eigenvalue weighted by Crippen LogP contribution is 2.24. The number of thiophene rings is 1. The normalized spacial score (nSPS) is 11.8. The van der Waals surface area contributed by atoms with E-state index in [1.54, 1.807) is 36.6 Å². The van der Waals surface area contributed by atoms with Gasteiger partial charge in [0.15, 0.2) is 0 Å². The fraction of sp³-hybridized carbons (Fsp3) is 0.320. The lowest BCUT2D eigenvalue weighted by Gasteiger charge is -2.19. The number of methoxy groups -OCH3 is 2. The van der Waals surface area contributed by atoms with E-state index in [1.165, 1.54) is 18.2 Å². The third-order valence-corrected chi connectivity index (χ3v) is 5.65. The summed E-state index contributed by atoms with van der Waals surface area (Å²) in [7, 11) is 5.21. The number of carbonyl (C=O) groups is 1. The first kappa shape index (κ1) is 23.6. The van der Waals surface area contributed by atoms with Gasteiger partial charge in [-0.25, -0.2) is 0 Å². The van der Waals surface area contributed by atoms with Gasteiger partial charge in [0.05, 0.1) is 26.3 Å². The van der Waals surface area contributed by atoms with E-state index in [-0.39, 0.29) is 12.0 Å². The smallest absolute Gasteiger partial charge is 0.255 e. The molecule has 7 heteroatoms. The van der Waals surface area contributed by atoms with Crippen LogP contribution in [0.5, 0.6) is 17.2 Å². The van der Waals surface area contributed by atoms with Crippen LogP contribution in [-0.2, 0) is 13.1 Å². The second-order valence-electron chi connectivity index (χ2n) is 7.66. The van der Waals surface area contributed by atoms with E-state index in [1.807, 2.05) is 25.1 Å². The van der Waals surface area contributed by atoms with Crippen LogP contribution in [-0.4, -0.2) is 44.7 Å². The molecule has 0 radical (unpaired) electrons. The lowest BCUT2D eigenvalue weighted by atomic mass is 10.1. The molecule has 0 aliphatic rings. The molecule has 0 fully saturated rings. The van der Waals surface area contributed by atoms with Gasteiger partial charge in [-0.2, -0.15) is 11.3 Å². The molecule has 32 heavy (non-hydrogen) atoms. The number of carbonyl (C=O) groups excluding carboxylic acids is 1. The number of nitrogens with one attached hydrogen (secondary N) is 1. The molecule has 2 aromatic carbocycles. The maximum Gasteiger partial charge on any atom is 0.255 e. The number of ether oxygens (including phenoxy) is 3. The SMILES string of the molecule is COc1ccc(OC)c(C(=O)NCC(C)Oc2cccc(CN(C)Cc3ccsc3)c2)c1. The first-order chi connectivity index (χ1) is 15.5. The lowest BCUT2D eigenvalue weighted by Crippen LogP contribution is -2.33. The van der Waals surface area contributed by atoms with E-state index < -0.39 is 0 Å². The molecule has 0 spiro atoms. The molecule has 0 aliphatic carbocycles. The molecule has 3 rings (SSSR count). The van der Waals surface area contributed by atoms with Crippen LogP contribution in [0.4, 0.5) is 0 Å².